The van der Waals surface area contributed by atoms with E-state index >= 15 is 0 Å². The molecule has 104 valence electrons. The zero-order valence-corrected chi connectivity index (χ0v) is 12.9. The third-order valence-corrected chi connectivity index (χ3v) is 3.45. The lowest BCUT2D eigenvalue weighted by atomic mass is 10.1. The number of hydrogen-bond acceptors (Lipinski definition) is 4. The lowest BCUT2D eigenvalue weighted by Crippen LogP contribution is -2.17. The smallest absolute Gasteiger partial charge is 0.245 e. The molecule has 5 nitrogen and oxygen atoms in total. The molecule has 0 aliphatic heterocycles. The normalized spacial score (nSPS) is 10.3. The average Bonchev–Trinajstić information content (AvgIpc) is 2.39. The molecule has 0 unspecified atom stereocenters. The van der Waals surface area contributed by atoms with Gasteiger partial charge in [0.2, 0.25) is 5.88 Å². The van der Waals surface area contributed by atoms with Gasteiger partial charge in [0.25, 0.3) is 0 Å². The molecule has 0 spiro atoms. The van der Waals surface area contributed by atoms with E-state index in [9.17, 15) is 0 Å². The van der Waals surface area contributed by atoms with Crippen LogP contribution in [0.4, 0.5) is 0 Å². The molecule has 1 heterocycles. The van der Waals surface area contributed by atoms with Crippen molar-refractivity contribution >= 4 is 21.8 Å². The van der Waals surface area contributed by atoms with Gasteiger partial charge in [-0.1, -0.05) is 28.1 Å². The number of aryl methyl sites for hydroxylation is 1. The summed E-state index contributed by atoms with van der Waals surface area (Å²) < 4.78 is 6.64. The van der Waals surface area contributed by atoms with E-state index in [0.29, 0.717) is 18.1 Å². The van der Waals surface area contributed by atoms with Gasteiger partial charge in [0, 0.05) is 4.47 Å². The quantitative estimate of drug-likeness (QED) is 0.665. The van der Waals surface area contributed by atoms with Crippen LogP contribution in [-0.4, -0.2) is 16.0 Å². The van der Waals surface area contributed by atoms with Crippen LogP contribution in [0.3, 0.4) is 0 Å². The van der Waals surface area contributed by atoms with E-state index < -0.39 is 0 Å². The highest BCUT2D eigenvalue weighted by atomic mass is 79.9. The molecule has 0 bridgehead atoms. The van der Waals surface area contributed by atoms with Gasteiger partial charge < -0.3 is 10.5 Å². The third kappa shape index (κ3) is 3.14. The lowest BCUT2D eigenvalue weighted by Gasteiger charge is -2.12. The predicted octanol–water partition coefficient (Wildman–Crippen LogP) is 2.72. The first-order valence-corrected chi connectivity index (χ1v) is 6.84. The third-order valence-electron chi connectivity index (χ3n) is 2.96. The van der Waals surface area contributed by atoms with E-state index in [2.05, 4.69) is 26.1 Å². The molecule has 0 atom stereocenters. The number of benzene rings is 1. The van der Waals surface area contributed by atoms with Crippen molar-refractivity contribution in [3.05, 3.63) is 51.1 Å². The molecule has 0 fully saturated rings. The molecule has 0 aliphatic carbocycles. The second-order valence-corrected chi connectivity index (χ2v) is 5.34. The fourth-order valence-electron chi connectivity index (χ4n) is 1.78. The molecule has 1 aromatic heterocycles. The number of ether oxygens (including phenoxy) is 1. The molecule has 0 amide bonds. The monoisotopic (exact) mass is 334 g/mol. The van der Waals surface area contributed by atoms with Crippen LogP contribution >= 0.6 is 15.9 Å². The highest BCUT2D eigenvalue weighted by molar-refractivity contribution is 9.10. The van der Waals surface area contributed by atoms with Crippen molar-refractivity contribution in [3.8, 4) is 5.88 Å². The van der Waals surface area contributed by atoms with E-state index in [0.717, 1.165) is 21.3 Å². The minimum Gasteiger partial charge on any atom is -0.471 e. The Labute approximate surface area is 125 Å². The van der Waals surface area contributed by atoms with Crippen LogP contribution in [0, 0.1) is 19.3 Å². The Morgan fingerprint density at radius 2 is 2.10 bits per heavy atom. The maximum Gasteiger partial charge on any atom is 0.245 e. The summed E-state index contributed by atoms with van der Waals surface area (Å²) in [5.41, 5.74) is 8.66. The molecule has 0 radical (unpaired) electrons. The number of halogens is 1. The van der Waals surface area contributed by atoms with Crippen molar-refractivity contribution in [2.45, 2.75) is 20.5 Å². The second kappa shape index (κ2) is 6.00. The summed E-state index contributed by atoms with van der Waals surface area (Å²) >= 11 is 3.41. The summed E-state index contributed by atoms with van der Waals surface area (Å²) in [5, 5.41) is 15.7. The number of aromatic nitrogens is 2. The Hall–Kier alpha value is -1.95. The highest BCUT2D eigenvalue weighted by Gasteiger charge is 2.15. The van der Waals surface area contributed by atoms with E-state index in [1.54, 1.807) is 0 Å². The summed E-state index contributed by atoms with van der Waals surface area (Å²) in [6.07, 6.45) is 0. The standard InChI is InChI=1S/C14H15BrN4O/c1-8-9(2)18-19-14(12(8)13(16)17)20-7-10-4-3-5-11(15)6-10/h3-6H,7H2,1-2H3,(H3,16,17). The lowest BCUT2D eigenvalue weighted by molar-refractivity contribution is 0.289. The maximum absolute atomic E-state index is 7.65. The molecule has 1 aromatic carbocycles. The van der Waals surface area contributed by atoms with E-state index in [1.807, 2.05) is 38.1 Å². The summed E-state index contributed by atoms with van der Waals surface area (Å²) in [4.78, 5) is 0. The molecule has 0 saturated heterocycles. The molecule has 3 N–H and O–H groups in total. The van der Waals surface area contributed by atoms with E-state index in [1.165, 1.54) is 0 Å². The summed E-state index contributed by atoms with van der Waals surface area (Å²) in [7, 11) is 0. The molecule has 20 heavy (non-hydrogen) atoms. The van der Waals surface area contributed by atoms with Crippen LogP contribution in [0.2, 0.25) is 0 Å². The summed E-state index contributed by atoms with van der Waals surface area (Å²) in [6, 6.07) is 7.79. The minimum absolute atomic E-state index is 0.0651. The molecule has 6 heteroatoms. The van der Waals surface area contributed by atoms with Crippen molar-refractivity contribution in [1.82, 2.24) is 10.2 Å². The van der Waals surface area contributed by atoms with Crippen molar-refractivity contribution in [2.24, 2.45) is 5.73 Å². The highest BCUT2D eigenvalue weighted by Crippen LogP contribution is 2.21. The molecule has 0 saturated carbocycles. The van der Waals surface area contributed by atoms with Crippen LogP contribution in [0.25, 0.3) is 0 Å². The number of rotatable bonds is 4. The Morgan fingerprint density at radius 1 is 1.35 bits per heavy atom. The van der Waals surface area contributed by atoms with Crippen LogP contribution in [0.15, 0.2) is 28.7 Å². The van der Waals surface area contributed by atoms with Gasteiger partial charge in [0.05, 0.1) is 11.3 Å². The zero-order valence-electron chi connectivity index (χ0n) is 11.3. The number of nitrogens with zero attached hydrogens (tertiary/aromatic N) is 2. The Bertz CT molecular complexity index is 658. The molecular weight excluding hydrogens is 320 g/mol. The largest absolute Gasteiger partial charge is 0.471 e. The Balaban J connectivity index is 2.26. The van der Waals surface area contributed by atoms with Gasteiger partial charge in [0.1, 0.15) is 12.4 Å². The summed E-state index contributed by atoms with van der Waals surface area (Å²) in [5.74, 6) is 0.227. The van der Waals surface area contributed by atoms with Gasteiger partial charge in [-0.25, -0.2) is 0 Å². The van der Waals surface area contributed by atoms with Crippen molar-refractivity contribution in [2.75, 3.05) is 0 Å². The first-order chi connectivity index (χ1) is 9.49. The zero-order chi connectivity index (χ0) is 14.7. The van der Waals surface area contributed by atoms with Crippen molar-refractivity contribution < 1.29 is 4.74 Å². The number of hydrogen-bond donors (Lipinski definition) is 2. The van der Waals surface area contributed by atoms with Gasteiger partial charge in [-0.3, -0.25) is 5.41 Å². The summed E-state index contributed by atoms with van der Waals surface area (Å²) in [6.45, 7) is 4.02. The SMILES string of the molecule is Cc1nnc(OCc2cccc(Br)c2)c(C(=N)N)c1C. The molecule has 2 rings (SSSR count). The van der Waals surface area contributed by atoms with Gasteiger partial charge in [-0.2, -0.15) is 5.10 Å². The van der Waals surface area contributed by atoms with Gasteiger partial charge in [0.15, 0.2) is 0 Å². The van der Waals surface area contributed by atoms with E-state index in [4.69, 9.17) is 15.9 Å². The molecule has 0 aliphatic rings. The second-order valence-electron chi connectivity index (χ2n) is 4.42. The number of amidine groups is 1. The van der Waals surface area contributed by atoms with Crippen LogP contribution in [-0.2, 0) is 6.61 Å². The van der Waals surface area contributed by atoms with Crippen LogP contribution in [0.1, 0.15) is 22.4 Å². The first-order valence-electron chi connectivity index (χ1n) is 6.04. The van der Waals surface area contributed by atoms with Crippen molar-refractivity contribution in [1.29, 1.82) is 5.41 Å². The Morgan fingerprint density at radius 3 is 2.75 bits per heavy atom. The van der Waals surface area contributed by atoms with Crippen LogP contribution < -0.4 is 10.5 Å². The molecular formula is C14H15BrN4O. The first kappa shape index (κ1) is 14.5. The predicted molar refractivity (Wildman–Crippen MR) is 81.0 cm³/mol. The fraction of sp³-hybridized carbons (Fsp3) is 0.214. The van der Waals surface area contributed by atoms with Gasteiger partial charge in [-0.05, 0) is 37.1 Å². The average molecular weight is 335 g/mol. The van der Waals surface area contributed by atoms with Gasteiger partial charge >= 0.3 is 0 Å². The fourth-order valence-corrected chi connectivity index (χ4v) is 2.23. The number of nitrogens with two attached hydrogens (primary N) is 1. The van der Waals surface area contributed by atoms with Crippen LogP contribution in [0.5, 0.6) is 5.88 Å². The maximum atomic E-state index is 7.65. The Kier molecular flexibility index (Phi) is 4.34. The van der Waals surface area contributed by atoms with Crippen molar-refractivity contribution in [3.63, 3.8) is 0 Å². The van der Waals surface area contributed by atoms with Gasteiger partial charge in [-0.15, -0.1) is 5.10 Å². The topological polar surface area (TPSA) is 84.9 Å². The minimum atomic E-state index is -0.0651. The number of nitrogen functional groups attached to an aromatic ring is 1. The van der Waals surface area contributed by atoms with E-state index in [-0.39, 0.29) is 5.84 Å². The molecule has 2 aromatic rings. The number of nitrogens with one attached hydrogen (secondary N) is 1.